The molecule has 0 bridgehead atoms. The molecule has 0 saturated carbocycles. The van der Waals surface area contributed by atoms with Crippen LogP contribution in [0.5, 0.6) is 5.75 Å². The molecule has 4 atom stereocenters. The van der Waals surface area contributed by atoms with Gasteiger partial charge in [-0.3, -0.25) is 15.1 Å². The van der Waals surface area contributed by atoms with E-state index in [-0.39, 0.29) is 29.6 Å². The van der Waals surface area contributed by atoms with E-state index < -0.39 is 12.0 Å². The van der Waals surface area contributed by atoms with Crippen LogP contribution in [0.1, 0.15) is 12.0 Å². The number of nitrogens with two attached hydrogens (primary N) is 1. The van der Waals surface area contributed by atoms with Crippen molar-refractivity contribution in [1.29, 1.82) is 0 Å². The molecule has 2 aliphatic heterocycles. The first kappa shape index (κ1) is 16.6. The third kappa shape index (κ3) is 3.82. The second-order valence-electron chi connectivity index (χ2n) is 5.59. The molecule has 0 radical (unpaired) electrons. The standard InChI is InChI=1S/C15H19N3O3S2/c16-13(21)5-12(20)9-6-23-15(17-9)10-7-22-14(18-10)8-3-1-2-4-11(8)19/h1-4,9-10,12,15,17,19-20H,5-7H2,(H2,16,21)/t9-,10+,12-,15?/m0/s1. The predicted molar refractivity (Wildman–Crippen MR) is 93.9 cm³/mol. The summed E-state index contributed by atoms with van der Waals surface area (Å²) in [5.74, 6) is 1.29. The van der Waals surface area contributed by atoms with Crippen LogP contribution >= 0.6 is 23.5 Å². The molecule has 1 aromatic rings. The number of carbonyl (C=O) groups excluding carboxylic acids is 1. The van der Waals surface area contributed by atoms with E-state index in [0.717, 1.165) is 22.1 Å². The fourth-order valence-electron chi connectivity index (χ4n) is 2.65. The van der Waals surface area contributed by atoms with Crippen molar-refractivity contribution >= 4 is 34.5 Å². The molecule has 0 aromatic heterocycles. The molecule has 124 valence electrons. The monoisotopic (exact) mass is 353 g/mol. The number of phenolic OH excluding ortho intramolecular Hbond substituents is 1. The Kier molecular flexibility index (Phi) is 5.15. The molecule has 1 amide bonds. The summed E-state index contributed by atoms with van der Waals surface area (Å²) in [6.45, 7) is 0. The number of aliphatic hydroxyl groups excluding tert-OH is 1. The van der Waals surface area contributed by atoms with Crippen LogP contribution in [0.4, 0.5) is 0 Å². The van der Waals surface area contributed by atoms with Gasteiger partial charge in [0, 0.05) is 23.1 Å². The molecule has 0 aliphatic carbocycles. The number of aliphatic hydroxyl groups is 1. The average molecular weight is 353 g/mol. The van der Waals surface area contributed by atoms with Crippen LogP contribution in [0.2, 0.25) is 0 Å². The largest absolute Gasteiger partial charge is 0.507 e. The maximum atomic E-state index is 10.9. The van der Waals surface area contributed by atoms with E-state index in [1.807, 2.05) is 12.1 Å². The molecule has 0 spiro atoms. The zero-order chi connectivity index (χ0) is 16.4. The minimum absolute atomic E-state index is 0.0310. The molecule has 6 nitrogen and oxygen atoms in total. The van der Waals surface area contributed by atoms with Gasteiger partial charge in [0.1, 0.15) is 10.8 Å². The molecule has 8 heteroatoms. The number of hydrogen-bond donors (Lipinski definition) is 4. The normalized spacial score (nSPS) is 28.6. The maximum Gasteiger partial charge on any atom is 0.220 e. The second-order valence-corrected chi connectivity index (χ2v) is 7.78. The molecule has 1 saturated heterocycles. The van der Waals surface area contributed by atoms with E-state index in [2.05, 4.69) is 5.32 Å². The van der Waals surface area contributed by atoms with Gasteiger partial charge in [0.15, 0.2) is 0 Å². The highest BCUT2D eigenvalue weighted by Gasteiger charge is 2.37. The Hall–Kier alpha value is -1.22. The van der Waals surface area contributed by atoms with Gasteiger partial charge in [-0.15, -0.1) is 23.5 Å². The highest BCUT2D eigenvalue weighted by Crippen LogP contribution is 2.34. The number of aromatic hydroxyl groups is 1. The molecule has 23 heavy (non-hydrogen) atoms. The van der Waals surface area contributed by atoms with Crippen molar-refractivity contribution in [2.45, 2.75) is 30.0 Å². The van der Waals surface area contributed by atoms with E-state index in [1.54, 1.807) is 35.7 Å². The highest BCUT2D eigenvalue weighted by atomic mass is 32.2. The number of hydrogen-bond acceptors (Lipinski definition) is 7. The Morgan fingerprint density at radius 1 is 1.43 bits per heavy atom. The Balaban J connectivity index is 1.64. The van der Waals surface area contributed by atoms with Crippen LogP contribution in [-0.4, -0.2) is 56.2 Å². The number of para-hydroxylation sites is 1. The molecule has 3 rings (SSSR count). The summed E-state index contributed by atoms with van der Waals surface area (Å²) >= 11 is 3.32. The number of aliphatic imine (C=N–C) groups is 1. The summed E-state index contributed by atoms with van der Waals surface area (Å²) < 4.78 is 0. The zero-order valence-corrected chi connectivity index (χ0v) is 14.0. The van der Waals surface area contributed by atoms with Crippen LogP contribution in [-0.2, 0) is 4.79 Å². The van der Waals surface area contributed by atoms with Gasteiger partial charge >= 0.3 is 0 Å². The molecule has 2 aliphatic rings. The number of primary amides is 1. The first-order valence-corrected chi connectivity index (χ1v) is 9.41. The summed E-state index contributed by atoms with van der Waals surface area (Å²) in [5.41, 5.74) is 5.89. The van der Waals surface area contributed by atoms with Crippen LogP contribution in [0.25, 0.3) is 0 Å². The summed E-state index contributed by atoms with van der Waals surface area (Å²) in [5, 5.41) is 24.2. The smallest absolute Gasteiger partial charge is 0.220 e. The van der Waals surface area contributed by atoms with Crippen LogP contribution < -0.4 is 11.1 Å². The van der Waals surface area contributed by atoms with Crippen molar-refractivity contribution in [3.8, 4) is 5.75 Å². The lowest BCUT2D eigenvalue weighted by Crippen LogP contribution is -2.44. The average Bonchev–Trinajstić information content (AvgIpc) is 3.16. The Morgan fingerprint density at radius 2 is 2.22 bits per heavy atom. The lowest BCUT2D eigenvalue weighted by molar-refractivity contribution is -0.120. The number of carbonyl (C=O) groups is 1. The van der Waals surface area contributed by atoms with E-state index in [0.29, 0.717) is 0 Å². The van der Waals surface area contributed by atoms with Crippen LogP contribution in [0, 0.1) is 0 Å². The lowest BCUT2D eigenvalue weighted by Gasteiger charge is -2.19. The Morgan fingerprint density at radius 3 is 2.96 bits per heavy atom. The van der Waals surface area contributed by atoms with Gasteiger partial charge in [-0.05, 0) is 12.1 Å². The lowest BCUT2D eigenvalue weighted by atomic mass is 10.1. The van der Waals surface area contributed by atoms with Gasteiger partial charge in [0.25, 0.3) is 0 Å². The maximum absolute atomic E-state index is 10.9. The van der Waals surface area contributed by atoms with Crippen molar-refractivity contribution in [2.24, 2.45) is 10.7 Å². The quantitative estimate of drug-likeness (QED) is 0.615. The number of thioether (sulfide) groups is 2. The molecule has 2 heterocycles. The van der Waals surface area contributed by atoms with E-state index in [9.17, 15) is 15.0 Å². The molecular weight excluding hydrogens is 334 g/mol. The molecular formula is C15H19N3O3S2. The summed E-state index contributed by atoms with van der Waals surface area (Å²) in [7, 11) is 0. The molecule has 1 fully saturated rings. The number of nitrogens with zero attached hydrogens (tertiary/aromatic N) is 1. The van der Waals surface area contributed by atoms with Gasteiger partial charge < -0.3 is 15.9 Å². The van der Waals surface area contributed by atoms with Gasteiger partial charge in [-0.25, -0.2) is 0 Å². The van der Waals surface area contributed by atoms with Gasteiger partial charge in [-0.2, -0.15) is 0 Å². The Bertz CT molecular complexity index is 626. The third-order valence-corrected chi connectivity index (χ3v) is 6.33. The first-order valence-electron chi connectivity index (χ1n) is 7.37. The number of amides is 1. The van der Waals surface area contributed by atoms with Crippen LogP contribution in [0.3, 0.4) is 0 Å². The van der Waals surface area contributed by atoms with Crippen molar-refractivity contribution in [3.05, 3.63) is 29.8 Å². The summed E-state index contributed by atoms with van der Waals surface area (Å²) in [6.07, 6.45) is -0.794. The van der Waals surface area contributed by atoms with E-state index >= 15 is 0 Å². The SMILES string of the molecule is NC(=O)C[C@H](O)[C@@H]1CSC([C@H]2CSC(c3ccccc3O)=N2)N1. The Labute approximate surface area is 142 Å². The van der Waals surface area contributed by atoms with Gasteiger partial charge in [0.2, 0.25) is 5.91 Å². The summed E-state index contributed by atoms with van der Waals surface area (Å²) in [4.78, 5) is 15.6. The fraction of sp³-hybridized carbons (Fsp3) is 0.467. The summed E-state index contributed by atoms with van der Waals surface area (Å²) in [6, 6.07) is 7.11. The topological polar surface area (TPSA) is 108 Å². The highest BCUT2D eigenvalue weighted by molar-refractivity contribution is 8.14. The van der Waals surface area contributed by atoms with Crippen molar-refractivity contribution in [3.63, 3.8) is 0 Å². The van der Waals surface area contributed by atoms with E-state index in [1.165, 1.54) is 0 Å². The number of rotatable bonds is 5. The third-order valence-electron chi connectivity index (χ3n) is 3.87. The fourth-order valence-corrected chi connectivity index (χ4v) is 5.29. The van der Waals surface area contributed by atoms with Crippen molar-refractivity contribution in [2.75, 3.05) is 11.5 Å². The van der Waals surface area contributed by atoms with Gasteiger partial charge in [0.05, 0.1) is 23.9 Å². The second kappa shape index (κ2) is 7.12. The molecule has 1 aromatic carbocycles. The van der Waals surface area contributed by atoms with Crippen LogP contribution in [0.15, 0.2) is 29.3 Å². The molecule has 5 N–H and O–H groups in total. The van der Waals surface area contributed by atoms with Gasteiger partial charge in [-0.1, -0.05) is 12.1 Å². The minimum Gasteiger partial charge on any atom is -0.507 e. The molecule has 1 unspecified atom stereocenters. The van der Waals surface area contributed by atoms with Crippen molar-refractivity contribution < 1.29 is 15.0 Å². The van der Waals surface area contributed by atoms with Crippen molar-refractivity contribution in [1.82, 2.24) is 5.32 Å². The number of nitrogens with one attached hydrogen (secondary N) is 1. The first-order chi connectivity index (χ1) is 11.0. The number of benzene rings is 1. The van der Waals surface area contributed by atoms with E-state index in [4.69, 9.17) is 10.7 Å². The minimum atomic E-state index is -0.763. The number of phenols is 1. The zero-order valence-electron chi connectivity index (χ0n) is 12.4. The predicted octanol–water partition coefficient (Wildman–Crippen LogP) is 0.522.